The van der Waals surface area contributed by atoms with Crippen LogP contribution >= 0.6 is 0 Å². The Balaban J connectivity index is 2.03. The topological polar surface area (TPSA) is 38.5 Å². The van der Waals surface area contributed by atoms with Gasteiger partial charge < -0.3 is 15.4 Å². The monoisotopic (exact) mass is 246 g/mol. The van der Waals surface area contributed by atoms with Crippen LogP contribution < -0.4 is 15.4 Å². The minimum Gasteiger partial charge on any atom is -0.493 e. The Hall–Kier alpha value is -1.22. The number of hydrogen-bond donors (Lipinski definition) is 1. The van der Waals surface area contributed by atoms with Crippen molar-refractivity contribution >= 4 is 5.69 Å². The van der Waals surface area contributed by atoms with E-state index in [0.29, 0.717) is 5.92 Å². The molecule has 0 fully saturated rings. The second kappa shape index (κ2) is 4.47. The zero-order valence-electron chi connectivity index (χ0n) is 11.3. The summed E-state index contributed by atoms with van der Waals surface area (Å²) in [4.78, 5) is 2.47. The van der Waals surface area contributed by atoms with Crippen LogP contribution in [0.1, 0.15) is 37.3 Å². The van der Waals surface area contributed by atoms with Crippen molar-refractivity contribution in [3.63, 3.8) is 0 Å². The first-order valence-corrected chi connectivity index (χ1v) is 6.99. The molecule has 0 aliphatic carbocycles. The molecule has 1 aromatic rings. The van der Waals surface area contributed by atoms with E-state index in [1.54, 1.807) is 0 Å². The van der Waals surface area contributed by atoms with Crippen molar-refractivity contribution < 1.29 is 4.74 Å². The highest BCUT2D eigenvalue weighted by Gasteiger charge is 2.32. The first-order chi connectivity index (χ1) is 8.70. The Morgan fingerprint density at radius 2 is 2.33 bits per heavy atom. The van der Waals surface area contributed by atoms with Crippen LogP contribution in [0.4, 0.5) is 5.69 Å². The van der Waals surface area contributed by atoms with Gasteiger partial charge in [-0.15, -0.1) is 0 Å². The Labute approximate surface area is 109 Å². The molecule has 0 saturated carbocycles. The fraction of sp³-hybridized carbons (Fsp3) is 0.600. The molecule has 0 amide bonds. The summed E-state index contributed by atoms with van der Waals surface area (Å²) in [6.07, 6.45) is 2.24. The van der Waals surface area contributed by atoms with Crippen LogP contribution in [0.3, 0.4) is 0 Å². The van der Waals surface area contributed by atoms with Crippen LogP contribution in [0.2, 0.25) is 0 Å². The lowest BCUT2D eigenvalue weighted by Crippen LogP contribution is -2.35. The maximum atomic E-state index is 5.99. The molecular formula is C15H22N2O. The molecule has 0 radical (unpaired) electrons. The van der Waals surface area contributed by atoms with Crippen LogP contribution in [0.25, 0.3) is 0 Å². The summed E-state index contributed by atoms with van der Waals surface area (Å²) in [6.45, 7) is 7.24. The number of nitrogens with zero attached hydrogens (tertiary/aromatic N) is 1. The molecule has 98 valence electrons. The van der Waals surface area contributed by atoms with E-state index in [9.17, 15) is 0 Å². The zero-order valence-corrected chi connectivity index (χ0v) is 11.3. The van der Waals surface area contributed by atoms with Crippen molar-refractivity contribution in [2.75, 3.05) is 24.6 Å². The minimum absolute atomic E-state index is 0.214. The van der Waals surface area contributed by atoms with Crippen LogP contribution in [-0.4, -0.2) is 25.7 Å². The van der Waals surface area contributed by atoms with Crippen LogP contribution in [0, 0.1) is 0 Å². The lowest BCUT2D eigenvalue weighted by atomic mass is 9.96. The van der Waals surface area contributed by atoms with Crippen LogP contribution in [0.5, 0.6) is 5.75 Å². The number of ether oxygens (including phenoxy) is 1. The molecule has 2 aliphatic heterocycles. The van der Waals surface area contributed by atoms with E-state index >= 15 is 0 Å². The standard InChI is InChI=1S/C15H22N2O/c1-3-11-9-17(8-10(2)16)15-12(11)4-5-14-13(15)6-7-18-14/h4-5,10-11H,3,6-9,16H2,1-2H3. The van der Waals surface area contributed by atoms with Crippen LogP contribution in [0.15, 0.2) is 12.1 Å². The molecule has 2 aliphatic rings. The van der Waals surface area contributed by atoms with Gasteiger partial charge in [-0.3, -0.25) is 0 Å². The van der Waals surface area contributed by atoms with E-state index in [0.717, 1.165) is 31.9 Å². The van der Waals surface area contributed by atoms with Crippen LogP contribution in [-0.2, 0) is 6.42 Å². The molecule has 0 aromatic heterocycles. The largest absolute Gasteiger partial charge is 0.493 e. The third-order valence-electron chi connectivity index (χ3n) is 4.08. The summed E-state index contributed by atoms with van der Waals surface area (Å²) >= 11 is 0. The summed E-state index contributed by atoms with van der Waals surface area (Å²) in [5, 5.41) is 0. The number of rotatable bonds is 3. The second-order valence-electron chi connectivity index (χ2n) is 5.57. The van der Waals surface area contributed by atoms with E-state index in [2.05, 4.69) is 30.9 Å². The van der Waals surface area contributed by atoms with Crippen molar-refractivity contribution in [3.05, 3.63) is 23.3 Å². The first kappa shape index (κ1) is 11.8. The lowest BCUT2D eigenvalue weighted by molar-refractivity contribution is 0.357. The van der Waals surface area contributed by atoms with Gasteiger partial charge in [-0.2, -0.15) is 0 Å². The summed E-state index contributed by atoms with van der Waals surface area (Å²) in [7, 11) is 0. The zero-order chi connectivity index (χ0) is 12.7. The third kappa shape index (κ3) is 1.77. The Kier molecular flexibility index (Phi) is 2.94. The molecular weight excluding hydrogens is 224 g/mol. The quantitative estimate of drug-likeness (QED) is 0.889. The van der Waals surface area contributed by atoms with Gasteiger partial charge in [-0.05, 0) is 25.0 Å². The van der Waals surface area contributed by atoms with E-state index in [1.165, 1.54) is 23.2 Å². The predicted octanol–water partition coefficient (Wildman–Crippen LogP) is 2.28. The van der Waals surface area contributed by atoms with Crippen molar-refractivity contribution in [1.82, 2.24) is 0 Å². The SMILES string of the molecule is CCC1CN(CC(C)N)c2c1ccc1c2CCO1. The number of nitrogens with two attached hydrogens (primary N) is 1. The van der Waals surface area contributed by atoms with Gasteiger partial charge in [0.1, 0.15) is 5.75 Å². The van der Waals surface area contributed by atoms with Gasteiger partial charge in [0, 0.05) is 42.7 Å². The Bertz CT molecular complexity index is 456. The average molecular weight is 246 g/mol. The highest BCUT2D eigenvalue weighted by Crippen LogP contribution is 2.45. The molecule has 3 nitrogen and oxygen atoms in total. The minimum atomic E-state index is 0.214. The summed E-state index contributed by atoms with van der Waals surface area (Å²) in [5.74, 6) is 1.74. The lowest BCUT2D eigenvalue weighted by Gasteiger charge is -2.23. The predicted molar refractivity (Wildman–Crippen MR) is 74.5 cm³/mol. The summed E-state index contributed by atoms with van der Waals surface area (Å²) < 4.78 is 5.69. The molecule has 2 unspecified atom stereocenters. The molecule has 2 N–H and O–H groups in total. The van der Waals surface area contributed by atoms with Gasteiger partial charge in [-0.25, -0.2) is 0 Å². The third-order valence-corrected chi connectivity index (χ3v) is 4.08. The molecule has 18 heavy (non-hydrogen) atoms. The van der Waals surface area contributed by atoms with E-state index in [4.69, 9.17) is 10.5 Å². The van der Waals surface area contributed by atoms with E-state index < -0.39 is 0 Å². The molecule has 2 heterocycles. The van der Waals surface area contributed by atoms with Crippen molar-refractivity contribution in [2.24, 2.45) is 5.73 Å². The average Bonchev–Trinajstić information content (AvgIpc) is 2.91. The summed E-state index contributed by atoms with van der Waals surface area (Å²) in [6, 6.07) is 4.63. The fourth-order valence-electron chi connectivity index (χ4n) is 3.30. The maximum absolute atomic E-state index is 5.99. The highest BCUT2D eigenvalue weighted by molar-refractivity contribution is 5.70. The number of fused-ring (bicyclic) bond motifs is 3. The van der Waals surface area contributed by atoms with Gasteiger partial charge in [-0.1, -0.05) is 13.0 Å². The molecule has 2 atom stereocenters. The van der Waals surface area contributed by atoms with Crippen molar-refractivity contribution in [1.29, 1.82) is 0 Å². The molecule has 1 aromatic carbocycles. The number of anilines is 1. The van der Waals surface area contributed by atoms with Crippen molar-refractivity contribution in [2.45, 2.75) is 38.6 Å². The molecule has 0 bridgehead atoms. The second-order valence-corrected chi connectivity index (χ2v) is 5.57. The summed E-state index contributed by atoms with van der Waals surface area (Å²) in [5.41, 5.74) is 10.3. The first-order valence-electron chi connectivity index (χ1n) is 6.99. The van der Waals surface area contributed by atoms with E-state index in [-0.39, 0.29) is 6.04 Å². The van der Waals surface area contributed by atoms with Gasteiger partial charge in [0.05, 0.1) is 6.61 Å². The molecule has 3 rings (SSSR count). The van der Waals surface area contributed by atoms with Gasteiger partial charge in [0.15, 0.2) is 0 Å². The maximum Gasteiger partial charge on any atom is 0.124 e. The Morgan fingerprint density at radius 3 is 3.06 bits per heavy atom. The van der Waals surface area contributed by atoms with E-state index in [1.807, 2.05) is 0 Å². The van der Waals surface area contributed by atoms with Gasteiger partial charge >= 0.3 is 0 Å². The Morgan fingerprint density at radius 1 is 1.50 bits per heavy atom. The van der Waals surface area contributed by atoms with Gasteiger partial charge in [0.25, 0.3) is 0 Å². The smallest absolute Gasteiger partial charge is 0.124 e. The highest BCUT2D eigenvalue weighted by atomic mass is 16.5. The molecule has 0 saturated heterocycles. The fourth-order valence-corrected chi connectivity index (χ4v) is 3.30. The number of benzene rings is 1. The van der Waals surface area contributed by atoms with Gasteiger partial charge in [0.2, 0.25) is 0 Å². The molecule has 3 heteroatoms. The molecule has 0 spiro atoms. The number of hydrogen-bond acceptors (Lipinski definition) is 3. The normalized spacial score (nSPS) is 22.6. The van der Waals surface area contributed by atoms with Crippen molar-refractivity contribution in [3.8, 4) is 5.75 Å².